The number of urea groups is 1. The van der Waals surface area contributed by atoms with E-state index in [1.165, 1.54) is 0 Å². The number of aliphatic carboxylic acids is 1. The molecule has 0 saturated carbocycles. The fourth-order valence-corrected chi connectivity index (χ4v) is 1.21. The van der Waals surface area contributed by atoms with E-state index in [-0.39, 0.29) is 18.6 Å². The summed E-state index contributed by atoms with van der Waals surface area (Å²) in [4.78, 5) is 22.0. The molecule has 0 aromatic heterocycles. The minimum Gasteiger partial charge on any atom is -0.481 e. The van der Waals surface area contributed by atoms with E-state index in [2.05, 4.69) is 17.2 Å². The summed E-state index contributed by atoms with van der Waals surface area (Å²) >= 11 is 0. The Balaban J connectivity index is 3.87. The summed E-state index contributed by atoms with van der Waals surface area (Å²) in [6.07, 6.45) is 2.90. The maximum absolute atomic E-state index is 11.3. The standard InChI is InChI=1S/C11H20N2O3/c1-4-6-8(3)13-11(16)12-7-9(5-2)10(14)15/h4,8-9H,1,5-7H2,2-3H3,(H,14,15)(H2,12,13,16). The van der Waals surface area contributed by atoms with E-state index in [1.807, 2.05) is 6.92 Å². The topological polar surface area (TPSA) is 78.4 Å². The predicted molar refractivity (Wildman–Crippen MR) is 62.2 cm³/mol. The smallest absolute Gasteiger partial charge is 0.315 e. The quantitative estimate of drug-likeness (QED) is 0.576. The molecule has 5 heteroatoms. The highest BCUT2D eigenvalue weighted by Gasteiger charge is 2.16. The molecule has 0 spiro atoms. The van der Waals surface area contributed by atoms with Gasteiger partial charge in [-0.05, 0) is 19.8 Å². The van der Waals surface area contributed by atoms with E-state index in [1.54, 1.807) is 13.0 Å². The minimum absolute atomic E-state index is 0.00223. The first-order chi connectivity index (χ1) is 7.51. The molecule has 0 radical (unpaired) electrons. The van der Waals surface area contributed by atoms with Crippen LogP contribution in [0.15, 0.2) is 12.7 Å². The summed E-state index contributed by atoms with van der Waals surface area (Å²) in [6, 6.07) is -0.337. The zero-order valence-corrected chi connectivity index (χ0v) is 9.82. The van der Waals surface area contributed by atoms with Crippen LogP contribution in [-0.4, -0.2) is 29.7 Å². The third-order valence-corrected chi connectivity index (χ3v) is 2.25. The number of hydrogen-bond donors (Lipinski definition) is 3. The van der Waals surface area contributed by atoms with Crippen LogP contribution in [0.25, 0.3) is 0 Å². The number of carbonyl (C=O) groups is 2. The highest BCUT2D eigenvalue weighted by molar-refractivity contribution is 5.76. The Morgan fingerprint density at radius 2 is 2.12 bits per heavy atom. The molecule has 0 saturated heterocycles. The van der Waals surface area contributed by atoms with Gasteiger partial charge >= 0.3 is 12.0 Å². The van der Waals surface area contributed by atoms with Gasteiger partial charge in [0.15, 0.2) is 0 Å². The lowest BCUT2D eigenvalue weighted by Crippen LogP contribution is -2.43. The summed E-state index contributed by atoms with van der Waals surface area (Å²) < 4.78 is 0. The molecule has 5 nitrogen and oxygen atoms in total. The largest absolute Gasteiger partial charge is 0.481 e. The van der Waals surface area contributed by atoms with Crippen LogP contribution in [-0.2, 0) is 4.79 Å². The van der Waals surface area contributed by atoms with Crippen molar-refractivity contribution in [3.05, 3.63) is 12.7 Å². The van der Waals surface area contributed by atoms with Gasteiger partial charge in [0.2, 0.25) is 0 Å². The molecular formula is C11H20N2O3. The Bertz CT molecular complexity index is 254. The fourth-order valence-electron chi connectivity index (χ4n) is 1.21. The molecule has 0 aliphatic heterocycles. The van der Waals surface area contributed by atoms with Gasteiger partial charge in [0.25, 0.3) is 0 Å². The average molecular weight is 228 g/mol. The number of hydrogen-bond acceptors (Lipinski definition) is 2. The van der Waals surface area contributed by atoms with Crippen LogP contribution >= 0.6 is 0 Å². The lowest BCUT2D eigenvalue weighted by atomic mass is 10.1. The van der Waals surface area contributed by atoms with Crippen molar-refractivity contribution in [2.75, 3.05) is 6.54 Å². The summed E-state index contributed by atoms with van der Waals surface area (Å²) in [6.45, 7) is 7.35. The second-order valence-corrected chi connectivity index (χ2v) is 3.72. The molecule has 3 N–H and O–H groups in total. The van der Waals surface area contributed by atoms with Crippen molar-refractivity contribution in [3.63, 3.8) is 0 Å². The van der Waals surface area contributed by atoms with Gasteiger partial charge in [-0.1, -0.05) is 13.0 Å². The molecule has 2 unspecified atom stereocenters. The molecule has 16 heavy (non-hydrogen) atoms. The van der Waals surface area contributed by atoms with Crippen LogP contribution in [0.3, 0.4) is 0 Å². The van der Waals surface area contributed by atoms with Crippen LogP contribution in [0.2, 0.25) is 0 Å². The normalized spacial score (nSPS) is 13.6. The van der Waals surface area contributed by atoms with Crippen LogP contribution < -0.4 is 10.6 Å². The molecular weight excluding hydrogens is 208 g/mol. The Morgan fingerprint density at radius 3 is 2.56 bits per heavy atom. The summed E-state index contributed by atoms with van der Waals surface area (Å²) in [5, 5.41) is 14.0. The van der Waals surface area contributed by atoms with Crippen molar-refractivity contribution in [3.8, 4) is 0 Å². The van der Waals surface area contributed by atoms with Gasteiger partial charge in [0.05, 0.1) is 5.92 Å². The van der Waals surface area contributed by atoms with Gasteiger partial charge < -0.3 is 15.7 Å². The van der Waals surface area contributed by atoms with E-state index in [0.29, 0.717) is 12.8 Å². The zero-order chi connectivity index (χ0) is 12.6. The van der Waals surface area contributed by atoms with E-state index in [9.17, 15) is 9.59 Å². The zero-order valence-electron chi connectivity index (χ0n) is 9.82. The van der Waals surface area contributed by atoms with E-state index >= 15 is 0 Å². The predicted octanol–water partition coefficient (Wildman–Crippen LogP) is 1.36. The third kappa shape index (κ3) is 6.06. The maximum atomic E-state index is 11.3. The van der Waals surface area contributed by atoms with Crippen molar-refractivity contribution < 1.29 is 14.7 Å². The van der Waals surface area contributed by atoms with Gasteiger partial charge in [-0.15, -0.1) is 6.58 Å². The van der Waals surface area contributed by atoms with Gasteiger partial charge in [-0.3, -0.25) is 4.79 Å². The molecule has 0 fully saturated rings. The van der Waals surface area contributed by atoms with Crippen molar-refractivity contribution in [2.45, 2.75) is 32.7 Å². The first kappa shape index (κ1) is 14.5. The van der Waals surface area contributed by atoms with Crippen LogP contribution in [0.4, 0.5) is 4.79 Å². The summed E-state index contributed by atoms with van der Waals surface area (Å²) in [7, 11) is 0. The monoisotopic (exact) mass is 228 g/mol. The Labute approximate surface area is 95.9 Å². The van der Waals surface area contributed by atoms with Crippen molar-refractivity contribution >= 4 is 12.0 Å². The highest BCUT2D eigenvalue weighted by atomic mass is 16.4. The molecule has 2 amide bonds. The summed E-state index contributed by atoms with van der Waals surface area (Å²) in [5.41, 5.74) is 0. The first-order valence-electron chi connectivity index (χ1n) is 5.39. The lowest BCUT2D eigenvalue weighted by molar-refractivity contribution is -0.141. The minimum atomic E-state index is -0.887. The van der Waals surface area contributed by atoms with E-state index in [4.69, 9.17) is 5.11 Å². The van der Waals surface area contributed by atoms with E-state index < -0.39 is 11.9 Å². The van der Waals surface area contributed by atoms with Crippen LogP contribution in [0.1, 0.15) is 26.7 Å². The molecule has 0 aromatic carbocycles. The average Bonchev–Trinajstić information content (AvgIpc) is 2.18. The lowest BCUT2D eigenvalue weighted by Gasteiger charge is -2.15. The summed E-state index contributed by atoms with van der Waals surface area (Å²) in [5.74, 6) is -1.41. The van der Waals surface area contributed by atoms with E-state index in [0.717, 1.165) is 0 Å². The number of amides is 2. The third-order valence-electron chi connectivity index (χ3n) is 2.25. The van der Waals surface area contributed by atoms with Gasteiger partial charge in [-0.2, -0.15) is 0 Å². The van der Waals surface area contributed by atoms with Crippen molar-refractivity contribution in [1.29, 1.82) is 0 Å². The molecule has 0 aromatic rings. The molecule has 92 valence electrons. The molecule has 0 rings (SSSR count). The van der Waals surface area contributed by atoms with Gasteiger partial charge in [-0.25, -0.2) is 4.79 Å². The number of carbonyl (C=O) groups excluding carboxylic acids is 1. The number of carboxylic acid groups (broad SMARTS) is 1. The second kappa shape index (κ2) is 7.73. The molecule has 0 aliphatic rings. The van der Waals surface area contributed by atoms with Crippen molar-refractivity contribution in [1.82, 2.24) is 10.6 Å². The van der Waals surface area contributed by atoms with Crippen molar-refractivity contribution in [2.24, 2.45) is 5.92 Å². The number of rotatable bonds is 7. The SMILES string of the molecule is C=CCC(C)NC(=O)NCC(CC)C(=O)O. The van der Waals surface area contributed by atoms with Crippen LogP contribution in [0, 0.1) is 5.92 Å². The highest BCUT2D eigenvalue weighted by Crippen LogP contribution is 2.00. The molecule has 0 aliphatic carbocycles. The van der Waals surface area contributed by atoms with Gasteiger partial charge in [0, 0.05) is 12.6 Å². The van der Waals surface area contributed by atoms with Gasteiger partial charge in [0.1, 0.15) is 0 Å². The second-order valence-electron chi connectivity index (χ2n) is 3.72. The molecule has 0 bridgehead atoms. The molecule has 0 heterocycles. The fraction of sp³-hybridized carbons (Fsp3) is 0.636. The Kier molecular flexibility index (Phi) is 7.00. The number of carboxylic acids is 1. The number of nitrogens with one attached hydrogen (secondary N) is 2. The maximum Gasteiger partial charge on any atom is 0.315 e. The Hall–Kier alpha value is -1.52. The van der Waals surface area contributed by atoms with Crippen LogP contribution in [0.5, 0.6) is 0 Å². The Morgan fingerprint density at radius 1 is 1.50 bits per heavy atom. The first-order valence-corrected chi connectivity index (χ1v) is 5.39. The molecule has 2 atom stereocenters.